The first-order chi connectivity index (χ1) is 15.9. The number of hydrogen-bond donors (Lipinski definition) is 0. The Hall–Kier alpha value is -2.47. The number of piperazine rings is 1. The lowest BCUT2D eigenvalue weighted by Crippen LogP contribution is -2.51. The fourth-order valence-electron chi connectivity index (χ4n) is 3.75. The van der Waals surface area contributed by atoms with Crippen LogP contribution in [0.5, 0.6) is 0 Å². The zero-order valence-corrected chi connectivity index (χ0v) is 19.8. The number of thioether (sulfide) groups is 1. The maximum absolute atomic E-state index is 14.0. The Bertz CT molecular complexity index is 1240. The van der Waals surface area contributed by atoms with Gasteiger partial charge in [0.2, 0.25) is 15.9 Å². The van der Waals surface area contributed by atoms with Crippen LogP contribution in [-0.4, -0.2) is 78.7 Å². The van der Waals surface area contributed by atoms with Gasteiger partial charge in [0.1, 0.15) is 10.7 Å². The summed E-state index contributed by atoms with van der Waals surface area (Å²) in [4.78, 5) is 18.8. The van der Waals surface area contributed by atoms with E-state index in [0.717, 1.165) is 22.3 Å². The van der Waals surface area contributed by atoms with Gasteiger partial charge in [-0.15, -0.1) is 0 Å². The number of halogens is 1. The number of benzene rings is 2. The predicted octanol–water partition coefficient (Wildman–Crippen LogP) is 2.45. The van der Waals surface area contributed by atoms with Crippen LogP contribution in [0.15, 0.2) is 58.6 Å². The molecule has 2 aromatic carbocycles. The number of para-hydroxylation sites is 2. The number of amides is 1. The first-order valence-electron chi connectivity index (χ1n) is 10.5. The van der Waals surface area contributed by atoms with Gasteiger partial charge in [0.05, 0.1) is 23.4 Å². The second kappa shape index (κ2) is 10.2. The Kier molecular flexibility index (Phi) is 7.32. The van der Waals surface area contributed by atoms with Crippen LogP contribution in [0, 0.1) is 5.82 Å². The van der Waals surface area contributed by atoms with Gasteiger partial charge in [-0.25, -0.2) is 17.8 Å². The summed E-state index contributed by atoms with van der Waals surface area (Å²) < 4.78 is 48.0. The van der Waals surface area contributed by atoms with Gasteiger partial charge in [0.25, 0.3) is 0 Å². The van der Waals surface area contributed by atoms with Crippen molar-refractivity contribution in [2.24, 2.45) is 0 Å². The van der Waals surface area contributed by atoms with Gasteiger partial charge in [-0.2, -0.15) is 4.31 Å². The molecule has 1 aliphatic heterocycles. The smallest absolute Gasteiger partial charge is 0.246 e. The summed E-state index contributed by atoms with van der Waals surface area (Å²) in [6, 6.07) is 13.1. The van der Waals surface area contributed by atoms with E-state index in [1.807, 2.05) is 28.8 Å². The third-order valence-electron chi connectivity index (χ3n) is 5.51. The van der Waals surface area contributed by atoms with Crippen molar-refractivity contribution in [3.8, 4) is 0 Å². The van der Waals surface area contributed by atoms with Crippen molar-refractivity contribution in [1.29, 1.82) is 0 Å². The van der Waals surface area contributed by atoms with Crippen molar-refractivity contribution < 1.29 is 22.3 Å². The lowest BCUT2D eigenvalue weighted by atomic mass is 10.3. The van der Waals surface area contributed by atoms with Gasteiger partial charge >= 0.3 is 0 Å². The number of aromatic nitrogens is 2. The molecule has 4 rings (SSSR count). The summed E-state index contributed by atoms with van der Waals surface area (Å²) in [6.07, 6.45) is 0. The van der Waals surface area contributed by atoms with Crippen LogP contribution in [0.4, 0.5) is 4.39 Å². The Labute approximate surface area is 196 Å². The molecule has 0 radical (unpaired) electrons. The number of methoxy groups -OCH3 is 1. The van der Waals surface area contributed by atoms with Crippen LogP contribution in [0.2, 0.25) is 0 Å². The standard InChI is InChI=1S/C22H25FN4O4S2/c1-31-15-14-27-19-8-4-3-7-18(19)24-22(27)32-16-21(28)25-10-12-26(13-11-25)33(29,30)20-9-5-2-6-17(20)23/h2-9H,10-16H2,1H3. The van der Waals surface area contributed by atoms with Gasteiger partial charge in [-0.05, 0) is 24.3 Å². The monoisotopic (exact) mass is 492 g/mol. The molecular weight excluding hydrogens is 467 g/mol. The van der Waals surface area contributed by atoms with E-state index in [2.05, 4.69) is 4.98 Å². The van der Waals surface area contributed by atoms with Crippen molar-refractivity contribution in [2.75, 3.05) is 45.6 Å². The highest BCUT2D eigenvalue weighted by atomic mass is 32.2. The number of fused-ring (bicyclic) bond motifs is 1. The molecule has 0 unspecified atom stereocenters. The van der Waals surface area contributed by atoms with Crippen LogP contribution in [0.1, 0.15) is 0 Å². The fraction of sp³-hybridized carbons (Fsp3) is 0.364. The zero-order chi connectivity index (χ0) is 23.4. The molecule has 3 aromatic rings. The zero-order valence-electron chi connectivity index (χ0n) is 18.2. The Morgan fingerprint density at radius 1 is 1.09 bits per heavy atom. The molecule has 0 aliphatic carbocycles. The quantitative estimate of drug-likeness (QED) is 0.449. The summed E-state index contributed by atoms with van der Waals surface area (Å²) in [5, 5.41) is 0.738. The number of carbonyl (C=O) groups is 1. The minimum absolute atomic E-state index is 0.0895. The maximum Gasteiger partial charge on any atom is 0.246 e. The molecule has 1 aromatic heterocycles. The second-order valence-electron chi connectivity index (χ2n) is 7.53. The average Bonchev–Trinajstić information content (AvgIpc) is 3.18. The highest BCUT2D eigenvalue weighted by Gasteiger charge is 2.31. The minimum Gasteiger partial charge on any atom is -0.383 e. The van der Waals surface area contributed by atoms with Gasteiger partial charge in [0.15, 0.2) is 5.16 Å². The summed E-state index contributed by atoms with van der Waals surface area (Å²) in [5.41, 5.74) is 1.84. The molecule has 11 heteroatoms. The molecule has 33 heavy (non-hydrogen) atoms. The van der Waals surface area contributed by atoms with Crippen molar-refractivity contribution in [3.63, 3.8) is 0 Å². The van der Waals surface area contributed by atoms with E-state index in [4.69, 9.17) is 4.74 Å². The second-order valence-corrected chi connectivity index (χ2v) is 10.4. The van der Waals surface area contributed by atoms with Gasteiger partial charge in [-0.1, -0.05) is 36.0 Å². The van der Waals surface area contributed by atoms with Gasteiger partial charge in [0, 0.05) is 39.8 Å². The van der Waals surface area contributed by atoms with Crippen molar-refractivity contribution in [2.45, 2.75) is 16.6 Å². The van der Waals surface area contributed by atoms with Crippen molar-refractivity contribution in [1.82, 2.24) is 18.8 Å². The number of sulfonamides is 1. The van der Waals surface area contributed by atoms with Gasteiger partial charge < -0.3 is 14.2 Å². The highest BCUT2D eigenvalue weighted by molar-refractivity contribution is 7.99. The van der Waals surface area contributed by atoms with Crippen LogP contribution >= 0.6 is 11.8 Å². The molecular formula is C22H25FN4O4S2. The van der Waals surface area contributed by atoms with E-state index in [9.17, 15) is 17.6 Å². The van der Waals surface area contributed by atoms with E-state index < -0.39 is 15.8 Å². The molecule has 0 N–H and O–H groups in total. The summed E-state index contributed by atoms with van der Waals surface area (Å²) >= 11 is 1.35. The fourth-order valence-corrected chi connectivity index (χ4v) is 6.18. The number of rotatable bonds is 8. The van der Waals surface area contributed by atoms with Crippen LogP contribution in [0.25, 0.3) is 11.0 Å². The van der Waals surface area contributed by atoms with Gasteiger partial charge in [-0.3, -0.25) is 4.79 Å². The normalized spacial score (nSPS) is 15.3. The van der Waals surface area contributed by atoms with Crippen molar-refractivity contribution >= 4 is 38.7 Å². The predicted molar refractivity (Wildman–Crippen MR) is 124 cm³/mol. The van der Waals surface area contributed by atoms with Crippen LogP contribution < -0.4 is 0 Å². The SMILES string of the molecule is COCCn1c(SCC(=O)N2CCN(S(=O)(=O)c3ccccc3F)CC2)nc2ccccc21. The number of nitrogens with zero attached hydrogens (tertiary/aromatic N) is 4. The molecule has 0 bridgehead atoms. The summed E-state index contributed by atoms with van der Waals surface area (Å²) in [7, 11) is -2.30. The molecule has 0 spiro atoms. The minimum atomic E-state index is -3.94. The molecule has 1 fully saturated rings. The van der Waals surface area contributed by atoms with Crippen molar-refractivity contribution in [3.05, 3.63) is 54.3 Å². The number of hydrogen-bond acceptors (Lipinski definition) is 6. The lowest BCUT2D eigenvalue weighted by Gasteiger charge is -2.34. The molecule has 2 heterocycles. The summed E-state index contributed by atoms with van der Waals surface area (Å²) in [6.45, 7) is 1.92. The van der Waals surface area contributed by atoms with E-state index in [1.165, 1.54) is 34.3 Å². The highest BCUT2D eigenvalue weighted by Crippen LogP contribution is 2.25. The van der Waals surface area contributed by atoms with Crippen LogP contribution in [-0.2, 0) is 26.1 Å². The van der Waals surface area contributed by atoms with E-state index in [0.29, 0.717) is 13.2 Å². The maximum atomic E-state index is 14.0. The molecule has 8 nitrogen and oxygen atoms in total. The molecule has 0 atom stereocenters. The Morgan fingerprint density at radius 2 is 1.79 bits per heavy atom. The molecule has 0 saturated carbocycles. The topological polar surface area (TPSA) is 84.7 Å². The number of imidazole rings is 1. The Morgan fingerprint density at radius 3 is 2.52 bits per heavy atom. The average molecular weight is 493 g/mol. The van der Waals surface area contributed by atoms with E-state index >= 15 is 0 Å². The molecule has 1 amide bonds. The number of carbonyl (C=O) groups excluding carboxylic acids is 1. The summed E-state index contributed by atoms with van der Waals surface area (Å²) in [5.74, 6) is -0.673. The number of ether oxygens (including phenoxy) is 1. The molecule has 1 aliphatic rings. The Balaban J connectivity index is 1.38. The third-order valence-corrected chi connectivity index (χ3v) is 8.40. The van der Waals surface area contributed by atoms with Crippen LogP contribution in [0.3, 0.4) is 0 Å². The molecule has 1 saturated heterocycles. The van der Waals surface area contributed by atoms with E-state index in [-0.39, 0.29) is 42.7 Å². The first-order valence-corrected chi connectivity index (χ1v) is 12.9. The lowest BCUT2D eigenvalue weighted by molar-refractivity contribution is -0.129. The largest absolute Gasteiger partial charge is 0.383 e. The third kappa shape index (κ3) is 5.06. The van der Waals surface area contributed by atoms with E-state index in [1.54, 1.807) is 12.0 Å². The first kappa shape index (κ1) is 23.7. The molecule has 176 valence electrons.